The lowest BCUT2D eigenvalue weighted by Gasteiger charge is -1.77. The van der Waals surface area contributed by atoms with Crippen molar-refractivity contribution >= 4 is 32.5 Å². The number of nitrogens with zero attached hydrogens (tertiary/aromatic N) is 1. The highest BCUT2D eigenvalue weighted by atomic mass is 35.5. The monoisotopic (exact) mass is 133 g/mol. The fourth-order valence-corrected chi connectivity index (χ4v) is 1.21. The molecule has 1 heterocycles. The molecule has 0 aromatic heterocycles. The van der Waals surface area contributed by atoms with Crippen molar-refractivity contribution in [3.05, 3.63) is 11.6 Å². The maximum Gasteiger partial charge on any atom is 0.0590 e. The van der Waals surface area contributed by atoms with Crippen LogP contribution in [0.5, 0.6) is 0 Å². The molecule has 1 rings (SSSR count). The van der Waals surface area contributed by atoms with Crippen LogP contribution in [0.4, 0.5) is 0 Å². The summed E-state index contributed by atoms with van der Waals surface area (Å²) in [5.74, 6) is 0. The van der Waals surface area contributed by atoms with Crippen molar-refractivity contribution in [1.29, 1.82) is 0 Å². The smallest absolute Gasteiger partial charge is 0.0590 e. The van der Waals surface area contributed by atoms with Crippen LogP contribution in [0, 0.1) is 0 Å². The third-order valence-corrected chi connectivity index (χ3v) is 2.21. The van der Waals surface area contributed by atoms with Crippen LogP contribution < -0.4 is 0 Å². The van der Waals surface area contributed by atoms with E-state index in [9.17, 15) is 0 Å². The van der Waals surface area contributed by atoms with Crippen molar-refractivity contribution in [1.82, 2.24) is 0 Å². The molecule has 0 aromatic carbocycles. The van der Waals surface area contributed by atoms with Crippen molar-refractivity contribution < 1.29 is 0 Å². The van der Waals surface area contributed by atoms with Gasteiger partial charge in [-0.2, -0.15) is 0 Å². The fourth-order valence-electron chi connectivity index (χ4n) is 0.299. The largest absolute Gasteiger partial charge is 0.257 e. The van der Waals surface area contributed by atoms with Gasteiger partial charge in [-0.3, -0.25) is 4.99 Å². The normalized spacial score (nSPS) is 27.3. The Hall–Kier alpha value is -0.0800. The second-order valence-electron chi connectivity index (χ2n) is 1.04. The van der Waals surface area contributed by atoms with Gasteiger partial charge in [-0.1, -0.05) is 11.6 Å². The molecule has 1 aliphatic rings. The van der Waals surface area contributed by atoms with Crippen molar-refractivity contribution in [2.24, 2.45) is 4.99 Å². The van der Waals surface area contributed by atoms with Crippen LogP contribution in [0.25, 0.3) is 0 Å². The van der Waals surface area contributed by atoms with Gasteiger partial charge in [0.1, 0.15) is 0 Å². The lowest BCUT2D eigenvalue weighted by Crippen LogP contribution is -1.55. The molecule has 0 N–H and O–H groups in total. The molecule has 0 aliphatic carbocycles. The van der Waals surface area contributed by atoms with E-state index in [1.54, 1.807) is 11.0 Å². The summed E-state index contributed by atoms with van der Waals surface area (Å²) < 4.78 is 0. The van der Waals surface area contributed by atoms with E-state index in [0.29, 0.717) is 0 Å². The quantitative estimate of drug-likeness (QED) is 0.353. The lowest BCUT2D eigenvalue weighted by molar-refractivity contribution is 1.65. The summed E-state index contributed by atoms with van der Waals surface area (Å²) in [5, 5.41) is 1.95. The van der Waals surface area contributed by atoms with Crippen molar-refractivity contribution in [2.75, 3.05) is 0 Å². The second kappa shape index (κ2) is 2.28. The van der Waals surface area contributed by atoms with E-state index in [-0.39, 0.29) is 10.5 Å². The van der Waals surface area contributed by atoms with Gasteiger partial charge in [0.2, 0.25) is 0 Å². The van der Waals surface area contributed by atoms with Crippen LogP contribution in [-0.4, -0.2) is 10.4 Å². The van der Waals surface area contributed by atoms with Gasteiger partial charge in [0.05, 0.1) is 5.55 Å². The summed E-state index contributed by atoms with van der Waals surface area (Å²) in [5.41, 5.74) is 1.81. The van der Waals surface area contributed by atoms with Crippen LogP contribution in [0.15, 0.2) is 16.6 Å². The SMILES string of the molecule is ClC=S1C=CN=C1. The minimum Gasteiger partial charge on any atom is -0.257 e. The molecule has 0 fully saturated rings. The average molecular weight is 134 g/mol. The molecule has 38 valence electrons. The van der Waals surface area contributed by atoms with Gasteiger partial charge in [-0.15, -0.1) is 10.5 Å². The first-order valence-electron chi connectivity index (χ1n) is 1.78. The van der Waals surface area contributed by atoms with Gasteiger partial charge in [0, 0.05) is 11.0 Å². The number of halogens is 1. The van der Waals surface area contributed by atoms with Crippen LogP contribution in [0.2, 0.25) is 0 Å². The molecule has 1 nitrogen and oxygen atoms in total. The first-order valence-corrected chi connectivity index (χ1v) is 3.63. The molecule has 7 heavy (non-hydrogen) atoms. The highest BCUT2D eigenvalue weighted by Gasteiger charge is 1.84. The lowest BCUT2D eigenvalue weighted by atomic mass is 11.1. The molecule has 0 bridgehead atoms. The topological polar surface area (TPSA) is 12.4 Å². The van der Waals surface area contributed by atoms with Gasteiger partial charge in [-0.05, 0) is 5.41 Å². The van der Waals surface area contributed by atoms with Gasteiger partial charge < -0.3 is 0 Å². The summed E-state index contributed by atoms with van der Waals surface area (Å²) in [4.78, 5) is 5.43. The zero-order valence-corrected chi connectivity index (χ0v) is 5.12. The minimum absolute atomic E-state index is 0.0340. The van der Waals surface area contributed by atoms with Crippen molar-refractivity contribution in [2.45, 2.75) is 0 Å². The summed E-state index contributed by atoms with van der Waals surface area (Å²) in [7, 11) is 0.0340. The third kappa shape index (κ3) is 1.14. The van der Waals surface area contributed by atoms with Crippen molar-refractivity contribution in [3.8, 4) is 0 Å². The Balaban J connectivity index is 2.79. The van der Waals surface area contributed by atoms with Gasteiger partial charge in [0.15, 0.2) is 0 Å². The number of hydrogen-bond donors (Lipinski definition) is 0. The second-order valence-corrected chi connectivity index (χ2v) is 3.05. The summed E-state index contributed by atoms with van der Waals surface area (Å²) >= 11 is 5.35. The third-order valence-electron chi connectivity index (χ3n) is 0.590. The standard InChI is InChI=1S/C4H4ClNS/c5-3-7-2-1-6-4-7/h1-4H. The Morgan fingerprint density at radius 1 is 1.71 bits per heavy atom. The maximum absolute atomic E-state index is 5.35. The van der Waals surface area contributed by atoms with Crippen LogP contribution in [-0.2, 0) is 0 Å². The van der Waals surface area contributed by atoms with Gasteiger partial charge in [-0.25, -0.2) is 0 Å². The van der Waals surface area contributed by atoms with E-state index < -0.39 is 0 Å². The molecule has 0 amide bonds. The van der Waals surface area contributed by atoms with E-state index in [0.717, 1.165) is 0 Å². The van der Waals surface area contributed by atoms with Crippen molar-refractivity contribution in [3.63, 3.8) is 0 Å². The Morgan fingerprint density at radius 3 is 2.86 bits per heavy atom. The molecule has 0 saturated carbocycles. The molecular formula is C4H4ClNS. The molecule has 1 aliphatic heterocycles. The maximum atomic E-state index is 5.35. The number of rotatable bonds is 0. The zero-order valence-electron chi connectivity index (χ0n) is 3.54. The Labute approximate surface area is 49.6 Å². The average Bonchev–Trinajstić information content (AvgIpc) is 2.14. The Bertz CT molecular complexity index is 134. The van der Waals surface area contributed by atoms with E-state index in [4.69, 9.17) is 11.6 Å². The molecule has 0 aromatic rings. The van der Waals surface area contributed by atoms with Crippen LogP contribution in [0.1, 0.15) is 0 Å². The summed E-state index contributed by atoms with van der Waals surface area (Å²) in [6, 6.07) is 0. The molecule has 0 spiro atoms. The first kappa shape index (κ1) is 5.06. The molecule has 0 radical (unpaired) electrons. The van der Waals surface area contributed by atoms with E-state index in [1.807, 2.05) is 11.0 Å². The summed E-state index contributed by atoms with van der Waals surface area (Å²) in [6.45, 7) is 0. The molecular weight excluding hydrogens is 130 g/mol. The van der Waals surface area contributed by atoms with E-state index >= 15 is 0 Å². The van der Waals surface area contributed by atoms with E-state index in [2.05, 4.69) is 4.99 Å². The molecule has 1 unspecified atom stereocenters. The first-order chi connectivity index (χ1) is 3.43. The summed E-state index contributed by atoms with van der Waals surface area (Å²) in [6.07, 6.45) is 1.75. The van der Waals surface area contributed by atoms with E-state index in [1.165, 1.54) is 0 Å². The van der Waals surface area contributed by atoms with Gasteiger partial charge >= 0.3 is 0 Å². The Morgan fingerprint density at radius 2 is 2.57 bits per heavy atom. The predicted octanol–water partition coefficient (Wildman–Crippen LogP) is 1.77. The molecule has 3 heteroatoms. The molecule has 1 atom stereocenters. The fraction of sp³-hybridized carbons (Fsp3) is 0. The zero-order chi connectivity index (χ0) is 5.11. The number of hydrogen-bond acceptors (Lipinski definition) is 1. The highest BCUT2D eigenvalue weighted by molar-refractivity contribution is 8.29. The molecule has 0 saturated heterocycles. The van der Waals surface area contributed by atoms with Crippen LogP contribution in [0.3, 0.4) is 0 Å². The number of aliphatic imine (C=N–C) groups is 1. The van der Waals surface area contributed by atoms with Crippen LogP contribution >= 0.6 is 22.1 Å². The minimum atomic E-state index is 0.0340. The predicted molar refractivity (Wildman–Crippen MR) is 37.1 cm³/mol. The Kier molecular flexibility index (Phi) is 1.65. The highest BCUT2D eigenvalue weighted by Crippen LogP contribution is 2.14. The van der Waals surface area contributed by atoms with Gasteiger partial charge in [0.25, 0.3) is 0 Å².